The Balaban J connectivity index is 1.59. The molecular weight excluding hydrogens is 442 g/mol. The Morgan fingerprint density at radius 2 is 1.83 bits per heavy atom. The smallest absolute Gasteiger partial charge is 0.275 e. The molecule has 1 aliphatic rings. The first-order valence-corrected chi connectivity index (χ1v) is 10.5. The number of anilines is 2. The fourth-order valence-corrected chi connectivity index (χ4v) is 3.91. The molecule has 0 saturated heterocycles. The molecule has 0 fully saturated rings. The number of nitrogens with zero attached hydrogens (tertiary/aromatic N) is 1. The Morgan fingerprint density at radius 1 is 1.10 bits per heavy atom. The van der Waals surface area contributed by atoms with Crippen LogP contribution in [0.3, 0.4) is 0 Å². The molecule has 3 aromatic carbocycles. The molecule has 0 aliphatic carbocycles. The van der Waals surface area contributed by atoms with Crippen LogP contribution in [0.15, 0.2) is 70.1 Å². The molecule has 1 heterocycles. The second kappa shape index (κ2) is 8.24. The predicted molar refractivity (Wildman–Crippen MR) is 124 cm³/mol. The molecule has 4 rings (SSSR count). The fraction of sp³-hybridized carbons (Fsp3) is 0.125. The summed E-state index contributed by atoms with van der Waals surface area (Å²) in [5.74, 6) is -0.414. The summed E-state index contributed by atoms with van der Waals surface area (Å²) in [4.78, 5) is 29.6. The van der Waals surface area contributed by atoms with Crippen molar-refractivity contribution in [2.24, 2.45) is 4.99 Å². The molecule has 2 amide bonds. The molecule has 0 bridgehead atoms. The van der Waals surface area contributed by atoms with Gasteiger partial charge in [0, 0.05) is 21.3 Å². The van der Waals surface area contributed by atoms with E-state index in [1.165, 1.54) is 0 Å². The largest absolute Gasteiger partial charge is 0.322 e. The van der Waals surface area contributed by atoms with Crippen LogP contribution in [-0.2, 0) is 11.2 Å². The third-order valence-corrected chi connectivity index (χ3v) is 5.50. The van der Waals surface area contributed by atoms with Crippen molar-refractivity contribution in [3.05, 3.63) is 87.4 Å². The molecule has 0 radical (unpaired) electrons. The first kappa shape index (κ1) is 20.0. The highest BCUT2D eigenvalue weighted by molar-refractivity contribution is 9.10. The van der Waals surface area contributed by atoms with Crippen LogP contribution < -0.4 is 10.6 Å². The van der Waals surface area contributed by atoms with Crippen molar-refractivity contribution in [1.82, 2.24) is 0 Å². The van der Waals surface area contributed by atoms with E-state index in [0.29, 0.717) is 17.0 Å². The van der Waals surface area contributed by atoms with Crippen LogP contribution in [-0.4, -0.2) is 17.5 Å². The maximum atomic E-state index is 12.5. The minimum absolute atomic E-state index is 0.191. The zero-order valence-electron chi connectivity index (χ0n) is 16.6. The highest BCUT2D eigenvalue weighted by atomic mass is 79.9. The highest BCUT2D eigenvalue weighted by Crippen LogP contribution is 2.33. The van der Waals surface area contributed by atoms with Gasteiger partial charge in [-0.25, -0.2) is 4.99 Å². The van der Waals surface area contributed by atoms with Gasteiger partial charge in [0.1, 0.15) is 5.71 Å². The number of halogens is 1. The van der Waals surface area contributed by atoms with Crippen LogP contribution in [0.1, 0.15) is 34.0 Å². The molecule has 0 unspecified atom stereocenters. The van der Waals surface area contributed by atoms with Crippen LogP contribution in [0.5, 0.6) is 0 Å². The number of benzene rings is 3. The predicted octanol–water partition coefficient (Wildman–Crippen LogP) is 5.65. The summed E-state index contributed by atoms with van der Waals surface area (Å²) >= 11 is 3.51. The number of carbonyl (C=O) groups is 2. The minimum atomic E-state index is -0.223. The molecule has 0 spiro atoms. The quantitative estimate of drug-likeness (QED) is 0.527. The van der Waals surface area contributed by atoms with E-state index in [-0.39, 0.29) is 11.8 Å². The molecule has 2 N–H and O–H groups in total. The highest BCUT2D eigenvalue weighted by Gasteiger charge is 2.28. The van der Waals surface area contributed by atoms with Gasteiger partial charge in [-0.2, -0.15) is 0 Å². The van der Waals surface area contributed by atoms with Gasteiger partial charge >= 0.3 is 0 Å². The van der Waals surface area contributed by atoms with E-state index in [1.54, 1.807) is 24.3 Å². The Morgan fingerprint density at radius 3 is 2.53 bits per heavy atom. The van der Waals surface area contributed by atoms with E-state index in [9.17, 15) is 9.59 Å². The molecule has 0 atom stereocenters. The molecular formula is C24H20BrN3O2. The van der Waals surface area contributed by atoms with Gasteiger partial charge in [-0.1, -0.05) is 41.1 Å². The van der Waals surface area contributed by atoms with Crippen molar-refractivity contribution < 1.29 is 9.59 Å². The van der Waals surface area contributed by atoms with Gasteiger partial charge in [0.25, 0.3) is 11.8 Å². The van der Waals surface area contributed by atoms with Crippen molar-refractivity contribution >= 4 is 50.5 Å². The number of carbonyl (C=O) groups excluding carboxylic acids is 2. The topological polar surface area (TPSA) is 70.6 Å². The lowest BCUT2D eigenvalue weighted by Crippen LogP contribution is -2.14. The summed E-state index contributed by atoms with van der Waals surface area (Å²) in [6, 6.07) is 18.4. The summed E-state index contributed by atoms with van der Waals surface area (Å²) < 4.78 is 0.908. The van der Waals surface area contributed by atoms with E-state index in [2.05, 4.69) is 31.6 Å². The van der Waals surface area contributed by atoms with Crippen LogP contribution in [0.25, 0.3) is 0 Å². The molecule has 1 aliphatic heterocycles. The van der Waals surface area contributed by atoms with E-state index >= 15 is 0 Å². The number of amides is 2. The maximum absolute atomic E-state index is 12.5. The van der Waals surface area contributed by atoms with Gasteiger partial charge in [0.15, 0.2) is 0 Å². The SMILES string of the molecule is CCc1cc(Br)cc2c1NC(=O)C2=Nc1ccc(C(=O)Nc2ccccc2C)cc1. The van der Waals surface area contributed by atoms with E-state index < -0.39 is 0 Å². The molecule has 30 heavy (non-hydrogen) atoms. The van der Waals surface area contributed by atoms with Gasteiger partial charge in [0.2, 0.25) is 0 Å². The average molecular weight is 462 g/mol. The van der Waals surface area contributed by atoms with Gasteiger partial charge in [-0.3, -0.25) is 9.59 Å². The number of aliphatic imine (C=N–C) groups is 1. The summed E-state index contributed by atoms with van der Waals surface area (Å²) in [5.41, 5.74) is 5.94. The molecule has 3 aromatic rings. The number of aryl methyl sites for hydroxylation is 2. The lowest BCUT2D eigenvalue weighted by atomic mass is 10.0. The Kier molecular flexibility index (Phi) is 5.50. The first-order chi connectivity index (χ1) is 14.5. The fourth-order valence-electron chi connectivity index (χ4n) is 3.41. The molecule has 0 saturated carbocycles. The molecule has 150 valence electrons. The monoisotopic (exact) mass is 461 g/mol. The summed E-state index contributed by atoms with van der Waals surface area (Å²) in [7, 11) is 0. The van der Waals surface area contributed by atoms with Crippen molar-refractivity contribution in [2.75, 3.05) is 10.6 Å². The summed E-state index contributed by atoms with van der Waals surface area (Å²) in [5, 5.41) is 5.84. The second-order valence-electron chi connectivity index (χ2n) is 7.07. The Bertz CT molecular complexity index is 1180. The normalized spacial score (nSPS) is 13.8. The third kappa shape index (κ3) is 3.91. The summed E-state index contributed by atoms with van der Waals surface area (Å²) in [6.07, 6.45) is 0.806. The third-order valence-electron chi connectivity index (χ3n) is 5.04. The molecule has 6 heteroatoms. The number of hydrogen-bond acceptors (Lipinski definition) is 3. The minimum Gasteiger partial charge on any atom is -0.322 e. The van der Waals surface area contributed by atoms with Crippen LogP contribution in [0, 0.1) is 6.92 Å². The number of para-hydroxylation sites is 1. The van der Waals surface area contributed by atoms with Crippen LogP contribution in [0.2, 0.25) is 0 Å². The van der Waals surface area contributed by atoms with Gasteiger partial charge in [-0.15, -0.1) is 0 Å². The van der Waals surface area contributed by atoms with Crippen molar-refractivity contribution in [2.45, 2.75) is 20.3 Å². The number of fused-ring (bicyclic) bond motifs is 1. The zero-order valence-corrected chi connectivity index (χ0v) is 18.2. The maximum Gasteiger partial charge on any atom is 0.275 e. The zero-order chi connectivity index (χ0) is 21.3. The van der Waals surface area contributed by atoms with Gasteiger partial charge in [0.05, 0.1) is 11.4 Å². The van der Waals surface area contributed by atoms with Crippen molar-refractivity contribution in [3.8, 4) is 0 Å². The number of hydrogen-bond donors (Lipinski definition) is 2. The van der Waals surface area contributed by atoms with Crippen molar-refractivity contribution in [1.29, 1.82) is 0 Å². The molecule has 5 nitrogen and oxygen atoms in total. The molecule has 0 aromatic heterocycles. The lowest BCUT2D eigenvalue weighted by Gasteiger charge is -2.08. The van der Waals surface area contributed by atoms with Crippen LogP contribution >= 0.6 is 15.9 Å². The van der Waals surface area contributed by atoms with Gasteiger partial charge in [-0.05, 0) is 66.9 Å². The summed E-state index contributed by atoms with van der Waals surface area (Å²) in [6.45, 7) is 3.99. The Hall–Kier alpha value is -3.25. The van der Waals surface area contributed by atoms with E-state index in [0.717, 1.165) is 39.0 Å². The second-order valence-corrected chi connectivity index (χ2v) is 7.99. The van der Waals surface area contributed by atoms with Crippen molar-refractivity contribution in [3.63, 3.8) is 0 Å². The first-order valence-electron chi connectivity index (χ1n) is 9.66. The van der Waals surface area contributed by atoms with Crippen LogP contribution in [0.4, 0.5) is 17.1 Å². The Labute approximate surface area is 183 Å². The lowest BCUT2D eigenvalue weighted by molar-refractivity contribution is -0.110. The number of nitrogens with one attached hydrogen (secondary N) is 2. The van der Waals surface area contributed by atoms with E-state index in [4.69, 9.17) is 0 Å². The van der Waals surface area contributed by atoms with E-state index in [1.807, 2.05) is 50.2 Å². The average Bonchev–Trinajstić information content (AvgIpc) is 3.05. The number of rotatable bonds is 4. The van der Waals surface area contributed by atoms with Gasteiger partial charge < -0.3 is 10.6 Å². The standard InChI is InChI=1S/C24H20BrN3O2/c1-3-15-12-17(25)13-19-21(15)28-24(30)22(19)26-18-10-8-16(9-11-18)23(29)27-20-7-5-4-6-14(20)2/h4-13H,3H2,1-2H3,(H,27,29)(H,26,28,30).